The monoisotopic (exact) mass is 362 g/mol. The van der Waals surface area contributed by atoms with Gasteiger partial charge in [-0.3, -0.25) is 14.5 Å². The van der Waals surface area contributed by atoms with Gasteiger partial charge in [-0.15, -0.1) is 11.3 Å². The first-order valence-corrected chi connectivity index (χ1v) is 8.51. The molecule has 1 aliphatic rings. The predicted molar refractivity (Wildman–Crippen MR) is 92.4 cm³/mol. The van der Waals surface area contributed by atoms with Crippen LogP contribution in [0.1, 0.15) is 27.0 Å². The van der Waals surface area contributed by atoms with Crippen LogP contribution in [0.2, 0.25) is 5.02 Å². The van der Waals surface area contributed by atoms with Crippen LogP contribution in [0.15, 0.2) is 36.4 Å². The van der Waals surface area contributed by atoms with Gasteiger partial charge in [0.25, 0.3) is 5.91 Å². The van der Waals surface area contributed by atoms with E-state index >= 15 is 0 Å². The molecule has 1 aromatic carbocycles. The molecule has 2 aromatic rings. The molecule has 0 saturated carbocycles. The average Bonchev–Trinajstić information content (AvgIpc) is 3.06. The van der Waals surface area contributed by atoms with Crippen molar-refractivity contribution in [1.82, 2.24) is 10.2 Å². The second kappa shape index (κ2) is 6.03. The third kappa shape index (κ3) is 2.72. The molecule has 1 N–H and O–H groups in total. The zero-order valence-electron chi connectivity index (χ0n) is 13.1. The Morgan fingerprint density at radius 2 is 1.96 bits per heavy atom. The summed E-state index contributed by atoms with van der Waals surface area (Å²) in [5, 5.41) is 3.04. The van der Waals surface area contributed by atoms with Crippen LogP contribution < -0.4 is 5.32 Å². The Morgan fingerprint density at radius 1 is 1.25 bits per heavy atom. The molecule has 1 saturated heterocycles. The van der Waals surface area contributed by atoms with Gasteiger partial charge < -0.3 is 5.32 Å². The van der Waals surface area contributed by atoms with E-state index in [-0.39, 0.29) is 12.3 Å². The fourth-order valence-corrected chi connectivity index (χ4v) is 3.82. The van der Waals surface area contributed by atoms with Crippen LogP contribution in [0.3, 0.4) is 0 Å². The van der Waals surface area contributed by atoms with Crippen molar-refractivity contribution < 1.29 is 14.4 Å². The molecule has 124 valence electrons. The van der Waals surface area contributed by atoms with Gasteiger partial charge in [0.05, 0.1) is 11.4 Å². The number of urea groups is 1. The number of thiophene rings is 1. The molecule has 1 aromatic heterocycles. The van der Waals surface area contributed by atoms with E-state index in [2.05, 4.69) is 5.32 Å². The minimum atomic E-state index is -1.28. The van der Waals surface area contributed by atoms with Gasteiger partial charge in [0.1, 0.15) is 5.54 Å². The van der Waals surface area contributed by atoms with E-state index in [9.17, 15) is 14.4 Å². The third-order valence-electron chi connectivity index (χ3n) is 4.00. The normalized spacial score (nSPS) is 20.4. The molecule has 24 heavy (non-hydrogen) atoms. The molecule has 3 amide bonds. The molecule has 0 spiro atoms. The maximum absolute atomic E-state index is 12.8. The molecular weight excluding hydrogens is 348 g/mol. The summed E-state index contributed by atoms with van der Waals surface area (Å²) in [7, 11) is 0. The number of carbonyl (C=O) groups is 3. The summed E-state index contributed by atoms with van der Waals surface area (Å²) in [6.07, 6.45) is 0. The van der Waals surface area contributed by atoms with Crippen LogP contribution in [0.4, 0.5) is 4.79 Å². The Labute approximate surface area is 148 Å². The number of hydrogen-bond donors (Lipinski definition) is 1. The van der Waals surface area contributed by atoms with Gasteiger partial charge in [0, 0.05) is 15.5 Å². The van der Waals surface area contributed by atoms with Crippen molar-refractivity contribution in [2.45, 2.75) is 19.4 Å². The number of aryl methyl sites for hydroxylation is 1. The lowest BCUT2D eigenvalue weighted by Crippen LogP contribution is -2.41. The summed E-state index contributed by atoms with van der Waals surface area (Å²) >= 11 is 7.51. The van der Waals surface area contributed by atoms with Gasteiger partial charge in [0.2, 0.25) is 0 Å². The lowest BCUT2D eigenvalue weighted by Gasteiger charge is -2.23. The first kappa shape index (κ1) is 16.7. The Hall–Kier alpha value is -2.18. The van der Waals surface area contributed by atoms with Gasteiger partial charge in [-0.05, 0) is 32.0 Å². The summed E-state index contributed by atoms with van der Waals surface area (Å²) in [4.78, 5) is 39.9. The molecule has 5 nitrogen and oxygen atoms in total. The van der Waals surface area contributed by atoms with E-state index in [1.807, 2.05) is 13.0 Å². The number of amides is 3. The Balaban J connectivity index is 1.87. The zero-order valence-corrected chi connectivity index (χ0v) is 14.7. The van der Waals surface area contributed by atoms with E-state index in [0.717, 1.165) is 9.78 Å². The smallest absolute Gasteiger partial charge is 0.319 e. The Kier molecular flexibility index (Phi) is 4.19. The highest BCUT2D eigenvalue weighted by molar-refractivity contribution is 7.14. The minimum Gasteiger partial charge on any atom is -0.319 e. The molecule has 0 unspecified atom stereocenters. The van der Waals surface area contributed by atoms with Crippen molar-refractivity contribution in [2.24, 2.45) is 0 Å². The summed E-state index contributed by atoms with van der Waals surface area (Å²) in [5.41, 5.74) is -0.770. The quantitative estimate of drug-likeness (QED) is 0.670. The SMILES string of the molecule is Cc1ccc(C(=O)CN2C(=O)N[C@](C)(c3ccccc3Cl)C2=O)s1. The fraction of sp³-hybridized carbons (Fsp3) is 0.235. The number of nitrogens with one attached hydrogen (secondary N) is 1. The number of benzene rings is 1. The van der Waals surface area contributed by atoms with Crippen LogP contribution in [-0.4, -0.2) is 29.2 Å². The summed E-state index contributed by atoms with van der Waals surface area (Å²) in [5.74, 6) is -0.748. The lowest BCUT2D eigenvalue weighted by molar-refractivity contribution is -0.130. The van der Waals surface area contributed by atoms with E-state index in [1.165, 1.54) is 11.3 Å². The van der Waals surface area contributed by atoms with Crippen LogP contribution in [-0.2, 0) is 10.3 Å². The molecular formula is C17H15ClN2O3S. The van der Waals surface area contributed by atoms with Crippen molar-refractivity contribution in [3.8, 4) is 0 Å². The standard InChI is InChI=1S/C17H15ClN2O3S/c1-10-7-8-14(24-10)13(21)9-20-15(22)17(2,19-16(20)23)11-5-3-4-6-12(11)18/h3-8H,9H2,1-2H3,(H,19,23)/t17-/m1/s1. The Morgan fingerprint density at radius 3 is 2.58 bits per heavy atom. The van der Waals surface area contributed by atoms with Crippen molar-refractivity contribution in [1.29, 1.82) is 0 Å². The first-order valence-electron chi connectivity index (χ1n) is 7.31. The van der Waals surface area contributed by atoms with Gasteiger partial charge in [0.15, 0.2) is 5.78 Å². The molecule has 0 bridgehead atoms. The van der Waals surface area contributed by atoms with Crippen molar-refractivity contribution in [2.75, 3.05) is 6.54 Å². The number of rotatable bonds is 4. The predicted octanol–water partition coefficient (Wildman–Crippen LogP) is 3.36. The second-order valence-electron chi connectivity index (χ2n) is 5.76. The highest BCUT2D eigenvalue weighted by atomic mass is 35.5. The molecule has 0 aliphatic carbocycles. The third-order valence-corrected chi connectivity index (χ3v) is 5.38. The van der Waals surface area contributed by atoms with E-state index in [0.29, 0.717) is 15.5 Å². The van der Waals surface area contributed by atoms with Gasteiger partial charge in [-0.25, -0.2) is 4.79 Å². The van der Waals surface area contributed by atoms with Crippen LogP contribution in [0, 0.1) is 6.92 Å². The summed E-state index contributed by atoms with van der Waals surface area (Å²) in [6, 6.07) is 9.78. The second-order valence-corrected chi connectivity index (χ2v) is 7.45. The number of hydrogen-bond acceptors (Lipinski definition) is 4. The van der Waals surface area contributed by atoms with Crippen LogP contribution in [0.5, 0.6) is 0 Å². The Bertz CT molecular complexity index is 848. The maximum atomic E-state index is 12.8. The number of carbonyl (C=O) groups excluding carboxylic acids is 3. The highest BCUT2D eigenvalue weighted by Crippen LogP contribution is 2.33. The molecule has 7 heteroatoms. The number of Topliss-reactive ketones (excluding diaryl/α,β-unsaturated/α-hetero) is 1. The fourth-order valence-electron chi connectivity index (χ4n) is 2.70. The van der Waals surface area contributed by atoms with Crippen LogP contribution >= 0.6 is 22.9 Å². The molecule has 1 aliphatic heterocycles. The highest BCUT2D eigenvalue weighted by Gasteiger charge is 2.50. The molecule has 2 heterocycles. The van der Waals surface area contributed by atoms with Crippen molar-refractivity contribution >= 4 is 40.7 Å². The summed E-state index contributed by atoms with van der Waals surface area (Å²) in [6.45, 7) is 3.20. The molecule has 0 radical (unpaired) electrons. The number of imide groups is 1. The number of ketones is 1. The maximum Gasteiger partial charge on any atom is 0.325 e. The van der Waals surface area contributed by atoms with Gasteiger partial charge >= 0.3 is 6.03 Å². The van der Waals surface area contributed by atoms with E-state index in [1.54, 1.807) is 37.3 Å². The zero-order chi connectivity index (χ0) is 17.5. The van der Waals surface area contributed by atoms with E-state index in [4.69, 9.17) is 11.6 Å². The number of halogens is 1. The largest absolute Gasteiger partial charge is 0.325 e. The molecule has 1 fully saturated rings. The van der Waals surface area contributed by atoms with E-state index < -0.39 is 17.5 Å². The van der Waals surface area contributed by atoms with Crippen LogP contribution in [0.25, 0.3) is 0 Å². The average molecular weight is 363 g/mol. The topological polar surface area (TPSA) is 66.5 Å². The van der Waals surface area contributed by atoms with Crippen molar-refractivity contribution in [3.63, 3.8) is 0 Å². The molecule has 1 atom stereocenters. The van der Waals surface area contributed by atoms with Gasteiger partial charge in [-0.2, -0.15) is 0 Å². The minimum absolute atomic E-state index is 0.264. The van der Waals surface area contributed by atoms with Crippen molar-refractivity contribution in [3.05, 3.63) is 56.7 Å². The lowest BCUT2D eigenvalue weighted by atomic mass is 9.92. The van der Waals surface area contributed by atoms with Gasteiger partial charge in [-0.1, -0.05) is 29.8 Å². The summed E-state index contributed by atoms with van der Waals surface area (Å²) < 4.78 is 0. The molecule has 3 rings (SSSR count). The first-order chi connectivity index (χ1) is 11.3. The number of nitrogens with zero attached hydrogens (tertiary/aromatic N) is 1.